The highest BCUT2D eigenvalue weighted by Gasteiger charge is 2.41. The second-order valence-corrected chi connectivity index (χ2v) is 5.89. The van der Waals surface area contributed by atoms with Crippen LogP contribution in [0, 0.1) is 5.92 Å². The molecule has 2 rings (SSSR count). The van der Waals surface area contributed by atoms with Gasteiger partial charge in [0.1, 0.15) is 5.76 Å². The largest absolute Gasteiger partial charge is 0.491 e. The van der Waals surface area contributed by atoms with Gasteiger partial charge in [0, 0.05) is 5.92 Å². The van der Waals surface area contributed by atoms with Crippen LogP contribution in [0.5, 0.6) is 0 Å². The van der Waals surface area contributed by atoms with Crippen LogP contribution in [-0.4, -0.2) is 12.3 Å². The predicted octanol–water partition coefficient (Wildman–Crippen LogP) is 5.66. The second kappa shape index (κ2) is 6.81. The summed E-state index contributed by atoms with van der Waals surface area (Å²) in [7, 11) is 0. The average Bonchev–Trinajstić information content (AvgIpc) is 2.45. The molecule has 0 amide bonds. The molecule has 0 heterocycles. The minimum atomic E-state index is -4.93. The molecule has 2 aliphatic carbocycles. The predicted molar refractivity (Wildman–Crippen MR) is 68.7 cm³/mol. The van der Waals surface area contributed by atoms with E-state index in [0.717, 1.165) is 51.4 Å². The Morgan fingerprint density at radius 2 is 1.30 bits per heavy atom. The first-order valence-corrected chi connectivity index (χ1v) is 7.62. The Hall–Kier alpha value is -0.740. The number of alkyl halides is 3. The molecule has 0 aliphatic heterocycles. The van der Waals surface area contributed by atoms with E-state index in [1.807, 2.05) is 0 Å². The lowest BCUT2D eigenvalue weighted by Gasteiger charge is -2.30. The minimum Gasteiger partial charge on any atom is -0.491 e. The first-order valence-electron chi connectivity index (χ1n) is 7.62. The van der Waals surface area contributed by atoms with Crippen LogP contribution in [0.1, 0.15) is 64.2 Å². The Bertz CT molecular complexity index is 336. The summed E-state index contributed by atoms with van der Waals surface area (Å²) in [5.41, 5.74) is 0. The van der Waals surface area contributed by atoms with Crippen LogP contribution in [0.4, 0.5) is 17.6 Å². The van der Waals surface area contributed by atoms with Gasteiger partial charge in [-0.2, -0.15) is 17.6 Å². The van der Waals surface area contributed by atoms with Crippen LogP contribution in [0.15, 0.2) is 11.6 Å². The third-order valence-electron chi connectivity index (χ3n) is 4.29. The van der Waals surface area contributed by atoms with Crippen molar-refractivity contribution in [3.05, 3.63) is 11.6 Å². The van der Waals surface area contributed by atoms with Crippen molar-refractivity contribution in [2.45, 2.75) is 76.5 Å². The molecule has 1 nitrogen and oxygen atoms in total. The molecule has 5 heteroatoms. The number of halogens is 4. The molecule has 2 saturated carbocycles. The molecule has 0 aromatic heterocycles. The Kier molecular flexibility index (Phi) is 5.33. The van der Waals surface area contributed by atoms with Crippen LogP contribution in [0.2, 0.25) is 0 Å². The van der Waals surface area contributed by atoms with E-state index in [1.54, 1.807) is 0 Å². The van der Waals surface area contributed by atoms with Gasteiger partial charge >= 0.3 is 6.18 Å². The highest BCUT2D eigenvalue weighted by Crippen LogP contribution is 2.39. The van der Waals surface area contributed by atoms with Crippen molar-refractivity contribution in [1.82, 2.24) is 0 Å². The highest BCUT2D eigenvalue weighted by atomic mass is 19.4. The van der Waals surface area contributed by atoms with E-state index in [4.69, 9.17) is 4.74 Å². The summed E-state index contributed by atoms with van der Waals surface area (Å²) in [6, 6.07) is 0. The Balaban J connectivity index is 2.14. The van der Waals surface area contributed by atoms with Crippen LogP contribution in [-0.2, 0) is 4.74 Å². The fraction of sp³-hybridized carbons (Fsp3) is 0.867. The topological polar surface area (TPSA) is 9.23 Å². The lowest BCUT2D eigenvalue weighted by molar-refractivity contribution is -0.116. The zero-order valence-electron chi connectivity index (χ0n) is 11.6. The Labute approximate surface area is 117 Å². The third-order valence-corrected chi connectivity index (χ3v) is 4.29. The summed E-state index contributed by atoms with van der Waals surface area (Å²) in [4.78, 5) is 0. The molecule has 0 atom stereocenters. The summed E-state index contributed by atoms with van der Waals surface area (Å²) in [5.74, 6) is -2.81. The number of allylic oxidation sites excluding steroid dienone is 2. The van der Waals surface area contributed by atoms with E-state index in [2.05, 4.69) is 0 Å². The molecule has 2 fully saturated rings. The van der Waals surface area contributed by atoms with Gasteiger partial charge in [-0.25, -0.2) is 0 Å². The van der Waals surface area contributed by atoms with Gasteiger partial charge in [-0.15, -0.1) is 0 Å². The van der Waals surface area contributed by atoms with Crippen LogP contribution in [0.25, 0.3) is 0 Å². The number of hydrogen-bond donors (Lipinski definition) is 0. The summed E-state index contributed by atoms with van der Waals surface area (Å²) in [6.07, 6.45) is 3.23. The molecule has 0 aromatic rings. The zero-order chi connectivity index (χ0) is 14.6. The van der Waals surface area contributed by atoms with Gasteiger partial charge in [0.15, 0.2) is 0 Å². The summed E-state index contributed by atoms with van der Waals surface area (Å²) in [5, 5.41) is 0. The van der Waals surface area contributed by atoms with Crippen molar-refractivity contribution in [1.29, 1.82) is 0 Å². The Morgan fingerprint density at radius 3 is 1.80 bits per heavy atom. The molecule has 0 saturated heterocycles. The SMILES string of the molecule is F/C(=C(\OC1CCCCC1)C1CCCCC1)C(F)(F)F. The Morgan fingerprint density at radius 1 is 0.800 bits per heavy atom. The van der Waals surface area contributed by atoms with Crippen LogP contribution in [0.3, 0.4) is 0 Å². The minimum absolute atomic E-state index is 0.242. The second-order valence-electron chi connectivity index (χ2n) is 5.89. The fourth-order valence-electron chi connectivity index (χ4n) is 3.19. The van der Waals surface area contributed by atoms with Gasteiger partial charge in [0.25, 0.3) is 0 Å². The quantitative estimate of drug-likeness (QED) is 0.482. The maximum absolute atomic E-state index is 13.7. The first kappa shape index (κ1) is 15.6. The first-order chi connectivity index (χ1) is 9.48. The van der Waals surface area contributed by atoms with Gasteiger partial charge in [0.2, 0.25) is 5.83 Å². The average molecular weight is 294 g/mol. The maximum atomic E-state index is 13.7. The van der Waals surface area contributed by atoms with Crippen molar-refractivity contribution < 1.29 is 22.3 Å². The summed E-state index contributed by atoms with van der Waals surface area (Å²) in [6.45, 7) is 0. The van der Waals surface area contributed by atoms with E-state index in [-0.39, 0.29) is 6.10 Å². The third kappa shape index (κ3) is 4.13. The molecule has 116 valence electrons. The maximum Gasteiger partial charge on any atom is 0.446 e. The summed E-state index contributed by atoms with van der Waals surface area (Å²) >= 11 is 0. The van der Waals surface area contributed by atoms with E-state index in [0.29, 0.717) is 12.8 Å². The normalized spacial score (nSPS) is 24.4. The van der Waals surface area contributed by atoms with Crippen molar-refractivity contribution >= 4 is 0 Å². The zero-order valence-corrected chi connectivity index (χ0v) is 11.6. The monoisotopic (exact) mass is 294 g/mol. The molecule has 20 heavy (non-hydrogen) atoms. The van der Waals surface area contributed by atoms with Crippen molar-refractivity contribution in [3.8, 4) is 0 Å². The highest BCUT2D eigenvalue weighted by molar-refractivity contribution is 5.11. The molecule has 2 aliphatic rings. The molecule has 0 bridgehead atoms. The lowest BCUT2D eigenvalue weighted by atomic mass is 9.87. The van der Waals surface area contributed by atoms with E-state index >= 15 is 0 Å². The number of ether oxygens (including phenoxy) is 1. The van der Waals surface area contributed by atoms with Gasteiger partial charge in [0.05, 0.1) is 6.10 Å². The van der Waals surface area contributed by atoms with E-state index in [1.165, 1.54) is 0 Å². The molecule has 0 radical (unpaired) electrons. The molecule has 0 aromatic carbocycles. The van der Waals surface area contributed by atoms with Crippen molar-refractivity contribution in [3.63, 3.8) is 0 Å². The van der Waals surface area contributed by atoms with Gasteiger partial charge in [-0.3, -0.25) is 0 Å². The van der Waals surface area contributed by atoms with Crippen LogP contribution < -0.4 is 0 Å². The fourth-order valence-corrected chi connectivity index (χ4v) is 3.19. The van der Waals surface area contributed by atoms with E-state index in [9.17, 15) is 17.6 Å². The van der Waals surface area contributed by atoms with Gasteiger partial charge in [-0.05, 0) is 38.5 Å². The summed E-state index contributed by atoms with van der Waals surface area (Å²) < 4.78 is 57.3. The molecular formula is C15H22F4O. The standard InChI is InChI=1S/C15H22F4O/c16-14(15(17,18)19)13(11-7-3-1-4-8-11)20-12-9-5-2-6-10-12/h11-12H,1-10H2/b14-13-. The lowest BCUT2D eigenvalue weighted by Crippen LogP contribution is -2.24. The van der Waals surface area contributed by atoms with Gasteiger partial charge in [-0.1, -0.05) is 25.7 Å². The molecule has 0 unspecified atom stereocenters. The molecule has 0 spiro atoms. The molecule has 0 N–H and O–H groups in total. The number of hydrogen-bond acceptors (Lipinski definition) is 1. The smallest absolute Gasteiger partial charge is 0.446 e. The number of rotatable bonds is 3. The molecular weight excluding hydrogens is 272 g/mol. The van der Waals surface area contributed by atoms with Crippen molar-refractivity contribution in [2.24, 2.45) is 5.92 Å². The van der Waals surface area contributed by atoms with E-state index < -0.39 is 23.7 Å². The van der Waals surface area contributed by atoms with Crippen LogP contribution >= 0.6 is 0 Å². The van der Waals surface area contributed by atoms with Crippen molar-refractivity contribution in [2.75, 3.05) is 0 Å². The van der Waals surface area contributed by atoms with Gasteiger partial charge < -0.3 is 4.74 Å².